The molecule has 0 aliphatic carbocycles. The fourth-order valence-corrected chi connectivity index (χ4v) is 1.60. The Morgan fingerprint density at radius 1 is 1.32 bits per heavy atom. The highest BCUT2D eigenvalue weighted by Gasteiger charge is 1.97. The molecule has 0 saturated heterocycles. The Morgan fingerprint density at radius 3 is 2.68 bits per heavy atom. The van der Waals surface area contributed by atoms with Gasteiger partial charge in [-0.25, -0.2) is 0 Å². The van der Waals surface area contributed by atoms with Gasteiger partial charge in [0.15, 0.2) is 6.61 Å². The van der Waals surface area contributed by atoms with Crippen LogP contribution in [0.1, 0.15) is 24.8 Å². The maximum atomic E-state index is 10.5. The van der Waals surface area contributed by atoms with Crippen LogP contribution in [-0.4, -0.2) is 19.1 Å². The van der Waals surface area contributed by atoms with Crippen molar-refractivity contribution in [3.8, 4) is 11.8 Å². The number of nitrogens with two attached hydrogens (primary N) is 1. The Morgan fingerprint density at radius 2 is 2.05 bits per heavy atom. The van der Waals surface area contributed by atoms with Crippen LogP contribution in [0.2, 0.25) is 0 Å². The summed E-state index contributed by atoms with van der Waals surface area (Å²) in [5.74, 6) is 0.458. The first-order valence-electron chi connectivity index (χ1n) is 6.30. The first kappa shape index (κ1) is 15.0. The summed E-state index contributed by atoms with van der Waals surface area (Å²) in [6.07, 6.45) is 2.21. The van der Waals surface area contributed by atoms with Crippen LogP contribution in [-0.2, 0) is 11.3 Å². The van der Waals surface area contributed by atoms with E-state index in [0.717, 1.165) is 31.5 Å². The molecule has 0 saturated carbocycles. The third-order valence-electron chi connectivity index (χ3n) is 2.58. The smallest absolute Gasteiger partial charge is 0.217 e. The van der Waals surface area contributed by atoms with Gasteiger partial charge in [0, 0.05) is 13.0 Å². The van der Waals surface area contributed by atoms with Gasteiger partial charge in [-0.2, -0.15) is 5.26 Å². The van der Waals surface area contributed by atoms with Crippen LogP contribution in [0.3, 0.4) is 0 Å². The third-order valence-corrected chi connectivity index (χ3v) is 2.58. The zero-order chi connectivity index (χ0) is 13.9. The van der Waals surface area contributed by atoms with Crippen molar-refractivity contribution in [2.75, 3.05) is 13.2 Å². The van der Waals surface area contributed by atoms with Crippen molar-refractivity contribution in [3.05, 3.63) is 29.8 Å². The molecule has 0 aliphatic heterocycles. The topological polar surface area (TPSA) is 88.1 Å². The van der Waals surface area contributed by atoms with E-state index < -0.39 is 0 Å². The maximum absolute atomic E-state index is 10.5. The standard InChI is InChI=1S/C14H19N3O2/c15-8-10-19-13-6-4-12(5-7-13)11-17-9-2-1-3-14(16)18/h4-7,17H,1-3,9-11H2,(H2,16,18). The molecule has 102 valence electrons. The number of nitrogens with one attached hydrogen (secondary N) is 1. The highest BCUT2D eigenvalue weighted by molar-refractivity contribution is 5.73. The average molecular weight is 261 g/mol. The fourth-order valence-electron chi connectivity index (χ4n) is 1.60. The number of benzene rings is 1. The summed E-state index contributed by atoms with van der Waals surface area (Å²) in [6.45, 7) is 1.70. The van der Waals surface area contributed by atoms with Gasteiger partial charge in [0.2, 0.25) is 5.91 Å². The monoisotopic (exact) mass is 261 g/mol. The summed E-state index contributed by atoms with van der Waals surface area (Å²) in [5.41, 5.74) is 6.21. The predicted molar refractivity (Wildman–Crippen MR) is 72.3 cm³/mol. The molecule has 0 spiro atoms. The van der Waals surface area contributed by atoms with E-state index in [1.165, 1.54) is 0 Å². The summed E-state index contributed by atoms with van der Waals surface area (Å²) < 4.78 is 5.16. The van der Waals surface area contributed by atoms with Crippen LogP contribution in [0, 0.1) is 11.3 Å². The number of nitriles is 1. The van der Waals surface area contributed by atoms with E-state index in [-0.39, 0.29) is 12.5 Å². The summed E-state index contributed by atoms with van der Waals surface area (Å²) in [7, 11) is 0. The van der Waals surface area contributed by atoms with Crippen molar-refractivity contribution < 1.29 is 9.53 Å². The van der Waals surface area contributed by atoms with Gasteiger partial charge in [-0.1, -0.05) is 12.1 Å². The minimum Gasteiger partial charge on any atom is -0.479 e. The van der Waals surface area contributed by atoms with E-state index in [4.69, 9.17) is 15.7 Å². The second-order valence-corrected chi connectivity index (χ2v) is 4.19. The number of carbonyl (C=O) groups excluding carboxylic acids is 1. The third kappa shape index (κ3) is 7.06. The van der Waals surface area contributed by atoms with E-state index in [9.17, 15) is 4.79 Å². The van der Waals surface area contributed by atoms with Crippen LogP contribution >= 0.6 is 0 Å². The molecule has 1 rings (SSSR count). The van der Waals surface area contributed by atoms with Crippen molar-refractivity contribution in [3.63, 3.8) is 0 Å². The van der Waals surface area contributed by atoms with Gasteiger partial charge in [-0.15, -0.1) is 0 Å². The predicted octanol–water partition coefficient (Wildman–Crippen LogP) is 1.33. The van der Waals surface area contributed by atoms with Gasteiger partial charge in [-0.05, 0) is 37.1 Å². The lowest BCUT2D eigenvalue weighted by Gasteiger charge is -2.06. The number of unbranched alkanes of at least 4 members (excludes halogenated alkanes) is 1. The number of rotatable bonds is 9. The van der Waals surface area contributed by atoms with E-state index in [2.05, 4.69) is 5.32 Å². The normalized spacial score (nSPS) is 9.84. The van der Waals surface area contributed by atoms with Gasteiger partial charge in [0.25, 0.3) is 0 Å². The Hall–Kier alpha value is -2.06. The second kappa shape index (κ2) is 8.95. The fraction of sp³-hybridized carbons (Fsp3) is 0.429. The molecule has 0 aliphatic rings. The molecule has 0 fully saturated rings. The first-order chi connectivity index (χ1) is 9.22. The van der Waals surface area contributed by atoms with Crippen molar-refractivity contribution in [1.82, 2.24) is 5.32 Å². The number of amides is 1. The molecule has 5 heteroatoms. The minimum absolute atomic E-state index is 0.0669. The maximum Gasteiger partial charge on any atom is 0.217 e. The molecule has 0 aromatic heterocycles. The molecule has 0 heterocycles. The molecule has 1 aromatic carbocycles. The molecule has 3 N–H and O–H groups in total. The van der Waals surface area contributed by atoms with Gasteiger partial charge in [-0.3, -0.25) is 4.79 Å². The summed E-state index contributed by atoms with van der Waals surface area (Å²) >= 11 is 0. The second-order valence-electron chi connectivity index (χ2n) is 4.19. The van der Waals surface area contributed by atoms with Gasteiger partial charge < -0.3 is 15.8 Å². The summed E-state index contributed by atoms with van der Waals surface area (Å²) in [5, 5.41) is 11.7. The molecular formula is C14H19N3O2. The molecule has 0 unspecified atom stereocenters. The van der Waals surface area contributed by atoms with Crippen molar-refractivity contribution >= 4 is 5.91 Å². The first-order valence-corrected chi connectivity index (χ1v) is 6.30. The van der Waals surface area contributed by atoms with Crippen LogP contribution in [0.4, 0.5) is 0 Å². The number of primary amides is 1. The minimum atomic E-state index is -0.243. The Labute approximate surface area is 113 Å². The molecule has 0 bridgehead atoms. The van der Waals surface area contributed by atoms with Crippen LogP contribution in [0.5, 0.6) is 5.75 Å². The molecule has 19 heavy (non-hydrogen) atoms. The lowest BCUT2D eigenvalue weighted by molar-refractivity contribution is -0.118. The highest BCUT2D eigenvalue weighted by atomic mass is 16.5. The van der Waals surface area contributed by atoms with E-state index in [1.54, 1.807) is 0 Å². The van der Waals surface area contributed by atoms with Crippen molar-refractivity contribution in [1.29, 1.82) is 5.26 Å². The zero-order valence-corrected chi connectivity index (χ0v) is 10.9. The number of hydrogen-bond acceptors (Lipinski definition) is 4. The molecule has 1 aromatic rings. The van der Waals surface area contributed by atoms with Crippen LogP contribution < -0.4 is 15.8 Å². The number of hydrogen-bond donors (Lipinski definition) is 2. The van der Waals surface area contributed by atoms with Crippen LogP contribution in [0.15, 0.2) is 24.3 Å². The summed E-state index contributed by atoms with van der Waals surface area (Å²) in [4.78, 5) is 10.5. The lowest BCUT2D eigenvalue weighted by Crippen LogP contribution is -2.16. The SMILES string of the molecule is N#CCOc1ccc(CNCCCCC(N)=O)cc1. The number of carbonyl (C=O) groups is 1. The Bertz CT molecular complexity index is 423. The van der Waals surface area contributed by atoms with Gasteiger partial charge in [0.1, 0.15) is 11.8 Å². The molecule has 0 radical (unpaired) electrons. The van der Waals surface area contributed by atoms with Gasteiger partial charge in [0.05, 0.1) is 0 Å². The Balaban J connectivity index is 2.16. The van der Waals surface area contributed by atoms with E-state index >= 15 is 0 Å². The lowest BCUT2D eigenvalue weighted by atomic mass is 10.2. The van der Waals surface area contributed by atoms with Crippen LogP contribution in [0.25, 0.3) is 0 Å². The van der Waals surface area contributed by atoms with E-state index in [1.807, 2.05) is 30.3 Å². The highest BCUT2D eigenvalue weighted by Crippen LogP contribution is 2.11. The van der Waals surface area contributed by atoms with Crippen molar-refractivity contribution in [2.24, 2.45) is 5.73 Å². The largest absolute Gasteiger partial charge is 0.479 e. The average Bonchev–Trinajstić information content (AvgIpc) is 2.41. The molecule has 1 amide bonds. The van der Waals surface area contributed by atoms with Crippen molar-refractivity contribution in [2.45, 2.75) is 25.8 Å². The zero-order valence-electron chi connectivity index (χ0n) is 10.9. The quantitative estimate of drug-likeness (QED) is 0.656. The number of nitrogens with zero attached hydrogens (tertiary/aromatic N) is 1. The molecule has 0 atom stereocenters. The Kier molecular flexibility index (Phi) is 7.06. The summed E-state index contributed by atoms with van der Waals surface area (Å²) in [6, 6.07) is 9.55. The molecular weight excluding hydrogens is 242 g/mol. The van der Waals surface area contributed by atoms with E-state index in [0.29, 0.717) is 12.2 Å². The van der Waals surface area contributed by atoms with Gasteiger partial charge >= 0.3 is 0 Å². The molecule has 5 nitrogen and oxygen atoms in total. The number of ether oxygens (including phenoxy) is 1.